The average molecular weight is 296 g/mol. The zero-order chi connectivity index (χ0) is 13.7. The normalized spacial score (nSPS) is 11.2. The Balaban J connectivity index is 1.94. The van der Waals surface area contributed by atoms with Crippen molar-refractivity contribution in [1.82, 2.24) is 15.5 Å². The highest BCUT2D eigenvalue weighted by Crippen LogP contribution is 2.29. The Bertz CT molecular complexity index is 525. The number of nitrogens with one attached hydrogen (secondary N) is 1. The number of benzene rings is 1. The van der Waals surface area contributed by atoms with Crippen LogP contribution in [-0.2, 0) is 6.42 Å². The van der Waals surface area contributed by atoms with E-state index in [2.05, 4.69) is 29.4 Å². The molecule has 3 nitrogen and oxygen atoms in total. The van der Waals surface area contributed by atoms with Gasteiger partial charge >= 0.3 is 0 Å². The van der Waals surface area contributed by atoms with Gasteiger partial charge in [0.2, 0.25) is 0 Å². The SMILES string of the molecule is CC(C)CNCCc1nnc(-c2ccccc2Cl)s1. The molecule has 0 bridgehead atoms. The van der Waals surface area contributed by atoms with Crippen molar-refractivity contribution >= 4 is 22.9 Å². The second-order valence-electron chi connectivity index (χ2n) is 4.83. The number of rotatable bonds is 6. The van der Waals surface area contributed by atoms with Gasteiger partial charge in [-0.2, -0.15) is 0 Å². The topological polar surface area (TPSA) is 37.8 Å². The third-order valence-corrected chi connectivity index (χ3v) is 3.99. The molecule has 1 aromatic carbocycles. The van der Waals surface area contributed by atoms with Crippen molar-refractivity contribution < 1.29 is 0 Å². The highest BCUT2D eigenvalue weighted by Gasteiger charge is 2.09. The Morgan fingerprint density at radius 2 is 2.05 bits per heavy atom. The van der Waals surface area contributed by atoms with Crippen LogP contribution in [0, 0.1) is 5.92 Å². The number of aromatic nitrogens is 2. The maximum Gasteiger partial charge on any atom is 0.149 e. The van der Waals surface area contributed by atoms with Crippen LogP contribution in [0.1, 0.15) is 18.9 Å². The molecular weight excluding hydrogens is 278 g/mol. The maximum absolute atomic E-state index is 6.16. The van der Waals surface area contributed by atoms with Gasteiger partial charge in [-0.15, -0.1) is 10.2 Å². The van der Waals surface area contributed by atoms with Gasteiger partial charge in [0.05, 0.1) is 5.02 Å². The smallest absolute Gasteiger partial charge is 0.149 e. The molecule has 5 heteroatoms. The van der Waals surface area contributed by atoms with E-state index in [1.54, 1.807) is 11.3 Å². The van der Waals surface area contributed by atoms with E-state index in [1.807, 2.05) is 24.3 Å². The van der Waals surface area contributed by atoms with Gasteiger partial charge in [0.15, 0.2) is 0 Å². The van der Waals surface area contributed by atoms with Crippen LogP contribution in [0.25, 0.3) is 10.6 Å². The third-order valence-electron chi connectivity index (χ3n) is 2.64. The van der Waals surface area contributed by atoms with E-state index in [0.717, 1.165) is 40.1 Å². The van der Waals surface area contributed by atoms with Crippen LogP contribution in [0.15, 0.2) is 24.3 Å². The molecule has 0 aliphatic carbocycles. The fourth-order valence-corrected chi connectivity index (χ4v) is 2.84. The van der Waals surface area contributed by atoms with Gasteiger partial charge < -0.3 is 5.32 Å². The number of hydrogen-bond donors (Lipinski definition) is 1. The molecular formula is C14H18ClN3S. The van der Waals surface area contributed by atoms with Gasteiger partial charge in [-0.3, -0.25) is 0 Å². The molecule has 2 aromatic rings. The van der Waals surface area contributed by atoms with Gasteiger partial charge in [0.25, 0.3) is 0 Å². The highest BCUT2D eigenvalue weighted by molar-refractivity contribution is 7.14. The number of halogens is 1. The summed E-state index contributed by atoms with van der Waals surface area (Å²) in [6.45, 7) is 6.38. The molecule has 0 aliphatic rings. The lowest BCUT2D eigenvalue weighted by molar-refractivity contribution is 0.553. The Labute approximate surface area is 123 Å². The molecule has 1 heterocycles. The van der Waals surface area contributed by atoms with Gasteiger partial charge in [-0.05, 0) is 18.5 Å². The van der Waals surface area contributed by atoms with E-state index < -0.39 is 0 Å². The summed E-state index contributed by atoms with van der Waals surface area (Å²) < 4.78 is 0. The zero-order valence-electron chi connectivity index (χ0n) is 11.2. The summed E-state index contributed by atoms with van der Waals surface area (Å²) in [5.41, 5.74) is 0.961. The first kappa shape index (κ1) is 14.4. The zero-order valence-corrected chi connectivity index (χ0v) is 12.8. The fraction of sp³-hybridized carbons (Fsp3) is 0.429. The molecule has 102 valence electrons. The van der Waals surface area contributed by atoms with E-state index in [1.165, 1.54) is 0 Å². The first-order valence-electron chi connectivity index (χ1n) is 6.45. The Kier molecular flexibility index (Phi) is 5.31. The molecule has 0 saturated heterocycles. The average Bonchev–Trinajstić information content (AvgIpc) is 2.83. The van der Waals surface area contributed by atoms with Crippen LogP contribution >= 0.6 is 22.9 Å². The molecule has 1 aromatic heterocycles. The van der Waals surface area contributed by atoms with Crippen molar-refractivity contribution in [2.45, 2.75) is 20.3 Å². The Hall–Kier alpha value is -0.970. The van der Waals surface area contributed by atoms with Crippen molar-refractivity contribution in [1.29, 1.82) is 0 Å². The van der Waals surface area contributed by atoms with E-state index in [0.29, 0.717) is 5.92 Å². The minimum Gasteiger partial charge on any atom is -0.316 e. The minimum atomic E-state index is 0.674. The van der Waals surface area contributed by atoms with Gasteiger partial charge in [-0.25, -0.2) is 0 Å². The molecule has 0 aliphatic heterocycles. The second-order valence-corrected chi connectivity index (χ2v) is 6.30. The van der Waals surface area contributed by atoms with Crippen LogP contribution in [0.2, 0.25) is 5.02 Å². The van der Waals surface area contributed by atoms with Crippen molar-refractivity contribution in [2.24, 2.45) is 5.92 Å². The van der Waals surface area contributed by atoms with Crippen LogP contribution in [0.3, 0.4) is 0 Å². The van der Waals surface area contributed by atoms with Gasteiger partial charge in [-0.1, -0.05) is 55.0 Å². The van der Waals surface area contributed by atoms with Crippen LogP contribution in [0.4, 0.5) is 0 Å². The first-order chi connectivity index (χ1) is 9.16. The molecule has 0 atom stereocenters. The standard InChI is InChI=1S/C14H18ClN3S/c1-10(2)9-16-8-7-13-17-18-14(19-13)11-5-3-4-6-12(11)15/h3-6,10,16H,7-9H2,1-2H3. The van der Waals surface area contributed by atoms with Crippen LogP contribution < -0.4 is 5.32 Å². The molecule has 0 amide bonds. The summed E-state index contributed by atoms with van der Waals surface area (Å²) in [4.78, 5) is 0. The lowest BCUT2D eigenvalue weighted by Crippen LogP contribution is -2.22. The predicted octanol–water partition coefficient (Wildman–Crippen LogP) is 3.65. The lowest BCUT2D eigenvalue weighted by atomic mass is 10.2. The number of nitrogens with zero attached hydrogens (tertiary/aromatic N) is 2. The van der Waals surface area contributed by atoms with Crippen LogP contribution in [-0.4, -0.2) is 23.3 Å². The summed E-state index contributed by atoms with van der Waals surface area (Å²) >= 11 is 7.77. The van der Waals surface area contributed by atoms with Crippen molar-refractivity contribution in [2.75, 3.05) is 13.1 Å². The molecule has 0 spiro atoms. The summed E-state index contributed by atoms with van der Waals surface area (Å²) in [5.74, 6) is 0.674. The minimum absolute atomic E-state index is 0.674. The number of hydrogen-bond acceptors (Lipinski definition) is 4. The van der Waals surface area contributed by atoms with E-state index in [-0.39, 0.29) is 0 Å². The first-order valence-corrected chi connectivity index (χ1v) is 7.64. The molecule has 19 heavy (non-hydrogen) atoms. The monoisotopic (exact) mass is 295 g/mol. The molecule has 0 unspecified atom stereocenters. The van der Waals surface area contributed by atoms with Crippen molar-refractivity contribution in [3.05, 3.63) is 34.3 Å². The lowest BCUT2D eigenvalue weighted by Gasteiger charge is -2.05. The molecule has 2 rings (SSSR count). The van der Waals surface area contributed by atoms with E-state index in [4.69, 9.17) is 11.6 Å². The maximum atomic E-state index is 6.16. The fourth-order valence-electron chi connectivity index (χ4n) is 1.68. The summed E-state index contributed by atoms with van der Waals surface area (Å²) in [7, 11) is 0. The van der Waals surface area contributed by atoms with Gasteiger partial charge in [0, 0.05) is 18.5 Å². The molecule has 0 fully saturated rings. The second kappa shape index (κ2) is 6.98. The largest absolute Gasteiger partial charge is 0.316 e. The van der Waals surface area contributed by atoms with E-state index >= 15 is 0 Å². The van der Waals surface area contributed by atoms with Gasteiger partial charge in [0.1, 0.15) is 10.0 Å². The molecule has 0 radical (unpaired) electrons. The molecule has 1 N–H and O–H groups in total. The van der Waals surface area contributed by atoms with Crippen molar-refractivity contribution in [3.8, 4) is 10.6 Å². The quantitative estimate of drug-likeness (QED) is 0.827. The summed E-state index contributed by atoms with van der Waals surface area (Å²) in [5, 5.41) is 14.5. The van der Waals surface area contributed by atoms with E-state index in [9.17, 15) is 0 Å². The summed E-state index contributed by atoms with van der Waals surface area (Å²) in [6.07, 6.45) is 0.912. The molecule has 0 saturated carbocycles. The Morgan fingerprint density at radius 1 is 1.26 bits per heavy atom. The van der Waals surface area contributed by atoms with Crippen LogP contribution in [0.5, 0.6) is 0 Å². The Morgan fingerprint density at radius 3 is 2.79 bits per heavy atom. The highest BCUT2D eigenvalue weighted by atomic mass is 35.5. The van der Waals surface area contributed by atoms with Crippen molar-refractivity contribution in [3.63, 3.8) is 0 Å². The third kappa shape index (κ3) is 4.27. The summed E-state index contributed by atoms with van der Waals surface area (Å²) in [6, 6.07) is 7.74. The predicted molar refractivity (Wildman–Crippen MR) is 81.8 cm³/mol.